The zero-order valence-electron chi connectivity index (χ0n) is 13.0. The zero-order valence-corrected chi connectivity index (χ0v) is 15.4. The predicted molar refractivity (Wildman–Crippen MR) is 97.8 cm³/mol. The summed E-state index contributed by atoms with van der Waals surface area (Å²) in [6, 6.07) is 11.8. The molecule has 4 nitrogen and oxygen atoms in total. The Balaban J connectivity index is 2.00. The van der Waals surface area contributed by atoms with Crippen molar-refractivity contribution in [2.75, 3.05) is 5.73 Å². The molecule has 6 heteroatoms. The van der Waals surface area contributed by atoms with Crippen molar-refractivity contribution >= 4 is 50.0 Å². The number of imidazole rings is 1. The summed E-state index contributed by atoms with van der Waals surface area (Å²) in [6.07, 6.45) is 2.17. The van der Waals surface area contributed by atoms with Gasteiger partial charge in [-0.3, -0.25) is 10.5 Å². The number of unbranched alkanes of at least 4 members (excludes halogenated alkanes) is 1. The lowest BCUT2D eigenvalue weighted by molar-refractivity contribution is -0.642. The first-order valence-corrected chi connectivity index (χ1v) is 9.28. The predicted octanol–water partition coefficient (Wildman–Crippen LogP) is 4.02. The molecule has 0 saturated heterocycles. The third-order valence-corrected chi connectivity index (χ3v) is 5.57. The van der Waals surface area contributed by atoms with Crippen LogP contribution in [0.25, 0.3) is 11.0 Å². The summed E-state index contributed by atoms with van der Waals surface area (Å²) in [7, 11) is 0. The van der Waals surface area contributed by atoms with Crippen LogP contribution in [0.2, 0.25) is 0 Å². The van der Waals surface area contributed by atoms with Crippen LogP contribution in [0.1, 0.15) is 29.4 Å². The molecule has 0 fully saturated rings. The molecule has 2 aromatic heterocycles. The molecule has 0 unspecified atom stereocenters. The maximum Gasteiger partial charge on any atom is 0.356 e. The van der Waals surface area contributed by atoms with E-state index in [1.165, 1.54) is 11.3 Å². The smallest absolute Gasteiger partial charge is 0.290 e. The van der Waals surface area contributed by atoms with Gasteiger partial charge < -0.3 is 0 Å². The minimum absolute atomic E-state index is 0.0794. The van der Waals surface area contributed by atoms with Crippen molar-refractivity contribution in [2.45, 2.75) is 32.9 Å². The number of fused-ring (bicyclic) bond motifs is 1. The SMILES string of the molecule is CCCCn1c(N)[n+](CC(=O)c2ccc(Br)s2)c2ccccc21. The second-order valence-corrected chi connectivity index (χ2v) is 7.93. The van der Waals surface area contributed by atoms with Gasteiger partial charge in [0, 0.05) is 0 Å². The van der Waals surface area contributed by atoms with Gasteiger partial charge in [0.05, 0.1) is 15.2 Å². The highest BCUT2D eigenvalue weighted by Gasteiger charge is 2.23. The van der Waals surface area contributed by atoms with E-state index in [9.17, 15) is 4.79 Å². The number of Topliss-reactive ketones (excluding diaryl/α,β-unsaturated/α-hetero) is 1. The number of nitrogens with two attached hydrogens (primary N) is 1. The quantitative estimate of drug-likeness (QED) is 0.508. The van der Waals surface area contributed by atoms with Gasteiger partial charge in [-0.25, -0.2) is 9.13 Å². The number of nitrogens with zero attached hydrogens (tertiary/aromatic N) is 2. The Labute approximate surface area is 147 Å². The van der Waals surface area contributed by atoms with Gasteiger partial charge in [-0.15, -0.1) is 11.3 Å². The van der Waals surface area contributed by atoms with Crippen molar-refractivity contribution in [3.8, 4) is 0 Å². The van der Waals surface area contributed by atoms with Gasteiger partial charge in [0.1, 0.15) is 17.6 Å². The Hall–Kier alpha value is -1.66. The minimum atomic E-state index is 0.0794. The van der Waals surface area contributed by atoms with Crippen molar-refractivity contribution in [3.63, 3.8) is 0 Å². The number of carbonyl (C=O) groups is 1. The van der Waals surface area contributed by atoms with E-state index < -0.39 is 0 Å². The van der Waals surface area contributed by atoms with E-state index in [1.807, 2.05) is 34.9 Å². The van der Waals surface area contributed by atoms with E-state index >= 15 is 0 Å². The fourth-order valence-corrected chi connectivity index (χ4v) is 4.03. The van der Waals surface area contributed by atoms with Crippen LogP contribution in [0, 0.1) is 0 Å². The lowest BCUT2D eigenvalue weighted by Crippen LogP contribution is -2.40. The number of benzene rings is 1. The first-order valence-electron chi connectivity index (χ1n) is 7.67. The maximum atomic E-state index is 12.6. The van der Waals surface area contributed by atoms with Crippen molar-refractivity contribution in [2.24, 2.45) is 0 Å². The highest BCUT2D eigenvalue weighted by atomic mass is 79.9. The van der Waals surface area contributed by atoms with E-state index in [0.717, 1.165) is 39.1 Å². The van der Waals surface area contributed by atoms with Gasteiger partial charge in [-0.05, 0) is 46.6 Å². The summed E-state index contributed by atoms with van der Waals surface area (Å²) in [4.78, 5) is 13.3. The highest BCUT2D eigenvalue weighted by Crippen LogP contribution is 2.23. The number of para-hydroxylation sites is 2. The van der Waals surface area contributed by atoms with Gasteiger partial charge in [-0.1, -0.05) is 25.5 Å². The van der Waals surface area contributed by atoms with Gasteiger partial charge in [0.2, 0.25) is 5.78 Å². The summed E-state index contributed by atoms with van der Waals surface area (Å²) in [6.45, 7) is 3.29. The van der Waals surface area contributed by atoms with Crippen LogP contribution in [-0.4, -0.2) is 10.4 Å². The fourth-order valence-electron chi connectivity index (χ4n) is 2.72. The van der Waals surface area contributed by atoms with Crippen molar-refractivity contribution in [1.29, 1.82) is 0 Å². The molecule has 0 aliphatic carbocycles. The van der Waals surface area contributed by atoms with E-state index in [2.05, 4.69) is 33.5 Å². The van der Waals surface area contributed by atoms with Crippen LogP contribution in [-0.2, 0) is 13.1 Å². The second-order valence-electron chi connectivity index (χ2n) is 5.47. The Morgan fingerprint density at radius 3 is 2.78 bits per heavy atom. The first kappa shape index (κ1) is 16.2. The van der Waals surface area contributed by atoms with E-state index in [-0.39, 0.29) is 12.3 Å². The summed E-state index contributed by atoms with van der Waals surface area (Å²) >= 11 is 4.86. The van der Waals surface area contributed by atoms with Gasteiger partial charge in [-0.2, -0.15) is 0 Å². The van der Waals surface area contributed by atoms with Gasteiger partial charge in [0.25, 0.3) is 0 Å². The number of halogens is 1. The van der Waals surface area contributed by atoms with E-state index in [4.69, 9.17) is 5.73 Å². The lowest BCUT2D eigenvalue weighted by atomic mass is 10.3. The van der Waals surface area contributed by atoms with E-state index in [1.54, 1.807) is 0 Å². The molecular weight excluding hydrogens is 374 g/mol. The molecule has 2 N–H and O–H groups in total. The number of carbonyl (C=O) groups excluding carboxylic acids is 1. The van der Waals surface area contributed by atoms with Crippen LogP contribution in [0.3, 0.4) is 0 Å². The number of aromatic nitrogens is 2. The van der Waals surface area contributed by atoms with Crippen LogP contribution in [0.5, 0.6) is 0 Å². The fraction of sp³-hybridized carbons (Fsp3) is 0.294. The molecule has 0 aliphatic heterocycles. The monoisotopic (exact) mass is 392 g/mol. The summed E-state index contributed by atoms with van der Waals surface area (Å²) in [5, 5.41) is 0. The highest BCUT2D eigenvalue weighted by molar-refractivity contribution is 9.11. The Kier molecular flexibility index (Phi) is 4.82. The third kappa shape index (κ3) is 3.19. The number of rotatable bonds is 6. The molecule has 0 radical (unpaired) electrons. The Bertz CT molecular complexity index is 853. The molecule has 0 atom stereocenters. The number of aryl methyl sites for hydroxylation is 1. The number of hydrogen-bond acceptors (Lipinski definition) is 3. The Morgan fingerprint density at radius 1 is 1.30 bits per heavy atom. The molecule has 1 aromatic carbocycles. The normalized spacial score (nSPS) is 11.2. The number of hydrogen-bond donors (Lipinski definition) is 1. The van der Waals surface area contributed by atoms with Crippen molar-refractivity contribution in [1.82, 2.24) is 4.57 Å². The standard InChI is InChI=1S/C17H18BrN3OS/c1-2-3-10-20-12-6-4-5-7-13(12)21(17(20)19)11-14(22)15-8-9-16(18)23-15/h4-9,19H,2-3,10-11H2,1H3/p+1. The van der Waals surface area contributed by atoms with Crippen LogP contribution < -0.4 is 10.3 Å². The van der Waals surface area contributed by atoms with Crippen molar-refractivity contribution in [3.05, 3.63) is 45.1 Å². The minimum Gasteiger partial charge on any atom is -0.290 e. The molecule has 0 amide bonds. The van der Waals surface area contributed by atoms with Crippen LogP contribution in [0.15, 0.2) is 40.2 Å². The first-order chi connectivity index (χ1) is 11.1. The summed E-state index contributed by atoms with van der Waals surface area (Å²) < 4.78 is 4.99. The lowest BCUT2D eigenvalue weighted by Gasteiger charge is -2.01. The number of thiophene rings is 1. The molecule has 0 saturated carbocycles. The molecule has 2 heterocycles. The maximum absolute atomic E-state index is 12.6. The second kappa shape index (κ2) is 6.84. The molecule has 3 rings (SSSR count). The third-order valence-electron chi connectivity index (χ3n) is 3.90. The molecular formula is C17H19BrN3OS+. The molecule has 0 spiro atoms. The molecule has 0 bridgehead atoms. The molecule has 120 valence electrons. The van der Waals surface area contributed by atoms with Gasteiger partial charge >= 0.3 is 5.95 Å². The number of nitrogen functional groups attached to an aromatic ring is 1. The average Bonchev–Trinajstić information content (AvgIpc) is 3.09. The van der Waals surface area contributed by atoms with Crippen LogP contribution >= 0.6 is 27.3 Å². The summed E-state index contributed by atoms with van der Waals surface area (Å²) in [5.74, 6) is 0.722. The zero-order chi connectivity index (χ0) is 16.4. The van der Waals surface area contributed by atoms with Crippen molar-refractivity contribution < 1.29 is 9.36 Å². The van der Waals surface area contributed by atoms with E-state index in [0.29, 0.717) is 5.95 Å². The molecule has 23 heavy (non-hydrogen) atoms. The Morgan fingerprint density at radius 2 is 2.09 bits per heavy atom. The number of ketones is 1. The van der Waals surface area contributed by atoms with Crippen LogP contribution in [0.4, 0.5) is 5.95 Å². The molecule has 0 aliphatic rings. The number of anilines is 1. The molecule has 3 aromatic rings. The topological polar surface area (TPSA) is 51.9 Å². The summed E-state index contributed by atoms with van der Waals surface area (Å²) in [5.41, 5.74) is 8.44. The average molecular weight is 393 g/mol. The van der Waals surface area contributed by atoms with Gasteiger partial charge in [0.15, 0.2) is 0 Å². The largest absolute Gasteiger partial charge is 0.356 e.